The van der Waals surface area contributed by atoms with Crippen molar-refractivity contribution in [1.29, 1.82) is 0 Å². The van der Waals surface area contributed by atoms with Crippen molar-refractivity contribution in [3.05, 3.63) is 35.1 Å². The highest BCUT2D eigenvalue weighted by Gasteiger charge is 2.41. The minimum atomic E-state index is -0.305. The van der Waals surface area contributed by atoms with Crippen LogP contribution in [0.4, 0.5) is 4.39 Å². The van der Waals surface area contributed by atoms with Crippen LogP contribution in [-0.2, 0) is 4.79 Å². The number of hydrogen-bond donors (Lipinski definition) is 1. The molecular formula is C16H23FN2O. The summed E-state index contributed by atoms with van der Waals surface area (Å²) in [4.78, 5) is 14.2. The zero-order chi connectivity index (χ0) is 15.1. The Morgan fingerprint density at radius 1 is 1.35 bits per heavy atom. The van der Waals surface area contributed by atoms with Crippen molar-refractivity contribution in [3.8, 4) is 0 Å². The molecule has 2 unspecified atom stereocenters. The summed E-state index contributed by atoms with van der Waals surface area (Å²) in [6.07, 6.45) is 1.15. The summed E-state index contributed by atoms with van der Waals surface area (Å²) in [6.45, 7) is 7.89. The van der Waals surface area contributed by atoms with Crippen molar-refractivity contribution in [1.82, 2.24) is 4.90 Å². The van der Waals surface area contributed by atoms with Gasteiger partial charge in [-0.05, 0) is 57.4 Å². The Kier molecular flexibility index (Phi) is 3.87. The highest BCUT2D eigenvalue weighted by Crippen LogP contribution is 2.37. The van der Waals surface area contributed by atoms with Crippen LogP contribution in [0.15, 0.2) is 18.2 Å². The minimum Gasteiger partial charge on any atom is -0.329 e. The molecule has 2 rings (SSSR count). The van der Waals surface area contributed by atoms with E-state index in [1.165, 1.54) is 12.1 Å². The molecule has 1 heterocycles. The van der Waals surface area contributed by atoms with Crippen molar-refractivity contribution in [2.45, 2.75) is 58.2 Å². The predicted octanol–water partition coefficient (Wildman–Crippen LogP) is 2.92. The van der Waals surface area contributed by atoms with E-state index in [9.17, 15) is 9.18 Å². The predicted molar refractivity (Wildman–Crippen MR) is 77.7 cm³/mol. The van der Waals surface area contributed by atoms with Gasteiger partial charge in [-0.2, -0.15) is 0 Å². The molecule has 0 saturated carbocycles. The SMILES string of the molecule is Cc1cc(F)ccc1C1C(N)CCC(=O)N1C(C)(C)C. The third-order valence-corrected chi connectivity index (χ3v) is 3.92. The lowest BCUT2D eigenvalue weighted by Crippen LogP contribution is -2.56. The second-order valence-electron chi connectivity index (χ2n) is 6.58. The Bertz CT molecular complexity index is 522. The Labute approximate surface area is 120 Å². The number of carbonyl (C=O) groups excluding carboxylic acids is 1. The lowest BCUT2D eigenvalue weighted by molar-refractivity contribution is -0.144. The fourth-order valence-corrected chi connectivity index (χ4v) is 3.05. The molecule has 4 heteroatoms. The molecule has 2 atom stereocenters. The second kappa shape index (κ2) is 5.17. The summed E-state index contributed by atoms with van der Waals surface area (Å²) in [5.41, 5.74) is 7.76. The first-order valence-electron chi connectivity index (χ1n) is 7.05. The molecule has 0 radical (unpaired) electrons. The molecular weight excluding hydrogens is 255 g/mol. The molecule has 1 aromatic carbocycles. The monoisotopic (exact) mass is 278 g/mol. The quantitative estimate of drug-likeness (QED) is 0.858. The van der Waals surface area contributed by atoms with E-state index in [0.29, 0.717) is 12.8 Å². The Morgan fingerprint density at radius 3 is 2.55 bits per heavy atom. The van der Waals surface area contributed by atoms with E-state index in [-0.39, 0.29) is 29.3 Å². The highest BCUT2D eigenvalue weighted by atomic mass is 19.1. The van der Waals surface area contributed by atoms with Crippen LogP contribution in [0.2, 0.25) is 0 Å². The van der Waals surface area contributed by atoms with Gasteiger partial charge < -0.3 is 10.6 Å². The number of nitrogens with zero attached hydrogens (tertiary/aromatic N) is 1. The normalized spacial score (nSPS) is 24.1. The van der Waals surface area contributed by atoms with E-state index < -0.39 is 0 Å². The van der Waals surface area contributed by atoms with Crippen molar-refractivity contribution >= 4 is 5.91 Å². The van der Waals surface area contributed by atoms with E-state index in [1.807, 2.05) is 32.6 Å². The van der Waals surface area contributed by atoms with Gasteiger partial charge in [0.15, 0.2) is 0 Å². The first-order valence-corrected chi connectivity index (χ1v) is 7.05. The van der Waals surface area contributed by atoms with Crippen LogP contribution in [0.5, 0.6) is 0 Å². The Morgan fingerprint density at radius 2 is 2.00 bits per heavy atom. The first kappa shape index (κ1) is 15.0. The Balaban J connectivity index is 2.50. The summed E-state index contributed by atoms with van der Waals surface area (Å²) in [5, 5.41) is 0. The van der Waals surface area contributed by atoms with Crippen LogP contribution >= 0.6 is 0 Å². The van der Waals surface area contributed by atoms with Gasteiger partial charge in [0, 0.05) is 18.0 Å². The number of likely N-dealkylation sites (tertiary alicyclic amines) is 1. The van der Waals surface area contributed by atoms with Crippen molar-refractivity contribution in [2.75, 3.05) is 0 Å². The van der Waals surface area contributed by atoms with E-state index >= 15 is 0 Å². The molecule has 0 bridgehead atoms. The van der Waals surface area contributed by atoms with Crippen LogP contribution in [0.3, 0.4) is 0 Å². The molecule has 20 heavy (non-hydrogen) atoms. The average molecular weight is 278 g/mol. The van der Waals surface area contributed by atoms with Gasteiger partial charge in [-0.15, -0.1) is 0 Å². The van der Waals surface area contributed by atoms with Crippen LogP contribution in [0, 0.1) is 12.7 Å². The number of hydrogen-bond acceptors (Lipinski definition) is 2. The van der Waals surface area contributed by atoms with Crippen LogP contribution in [-0.4, -0.2) is 22.4 Å². The number of benzene rings is 1. The molecule has 3 nitrogen and oxygen atoms in total. The number of piperidine rings is 1. The average Bonchev–Trinajstić information content (AvgIpc) is 2.31. The lowest BCUT2D eigenvalue weighted by atomic mass is 9.85. The van der Waals surface area contributed by atoms with Crippen LogP contribution < -0.4 is 5.73 Å². The van der Waals surface area contributed by atoms with Crippen molar-refractivity contribution < 1.29 is 9.18 Å². The van der Waals surface area contributed by atoms with E-state index in [4.69, 9.17) is 5.73 Å². The summed E-state index contributed by atoms with van der Waals surface area (Å²) in [6, 6.07) is 4.40. The molecule has 0 aromatic heterocycles. The standard InChI is InChI=1S/C16H23FN2O/c1-10-9-11(17)5-6-12(10)15-13(18)7-8-14(20)19(15)16(2,3)4/h5-6,9,13,15H,7-8,18H2,1-4H3. The highest BCUT2D eigenvalue weighted by molar-refractivity contribution is 5.78. The maximum atomic E-state index is 13.3. The smallest absolute Gasteiger partial charge is 0.223 e. The van der Waals surface area contributed by atoms with Crippen molar-refractivity contribution in [2.24, 2.45) is 5.73 Å². The molecule has 1 fully saturated rings. The molecule has 1 saturated heterocycles. The summed E-state index contributed by atoms with van der Waals surface area (Å²) < 4.78 is 13.3. The number of carbonyl (C=O) groups is 1. The number of amides is 1. The summed E-state index contributed by atoms with van der Waals surface area (Å²) >= 11 is 0. The van der Waals surface area contributed by atoms with Gasteiger partial charge in [-0.1, -0.05) is 6.07 Å². The van der Waals surface area contributed by atoms with Crippen LogP contribution in [0.25, 0.3) is 0 Å². The fraction of sp³-hybridized carbons (Fsp3) is 0.562. The number of rotatable bonds is 1. The van der Waals surface area contributed by atoms with E-state index in [0.717, 1.165) is 11.1 Å². The summed E-state index contributed by atoms with van der Waals surface area (Å²) in [7, 11) is 0. The zero-order valence-corrected chi connectivity index (χ0v) is 12.6. The van der Waals surface area contributed by atoms with Gasteiger partial charge >= 0.3 is 0 Å². The topological polar surface area (TPSA) is 46.3 Å². The van der Waals surface area contributed by atoms with Crippen LogP contribution in [0.1, 0.15) is 50.8 Å². The molecule has 1 amide bonds. The fourth-order valence-electron chi connectivity index (χ4n) is 3.05. The van der Waals surface area contributed by atoms with Crippen molar-refractivity contribution in [3.63, 3.8) is 0 Å². The Hall–Kier alpha value is -1.42. The first-order chi connectivity index (χ1) is 9.21. The van der Waals surface area contributed by atoms with Gasteiger partial charge in [0.05, 0.1) is 6.04 Å². The molecule has 110 valence electrons. The maximum absolute atomic E-state index is 13.3. The minimum absolute atomic E-state index is 0.115. The van der Waals surface area contributed by atoms with Gasteiger partial charge in [0.25, 0.3) is 0 Å². The zero-order valence-electron chi connectivity index (χ0n) is 12.6. The molecule has 0 spiro atoms. The van der Waals surface area contributed by atoms with Gasteiger partial charge in [0.2, 0.25) is 5.91 Å². The number of nitrogens with two attached hydrogens (primary N) is 1. The van der Waals surface area contributed by atoms with Gasteiger partial charge in [-0.3, -0.25) is 4.79 Å². The van der Waals surface area contributed by atoms with E-state index in [1.54, 1.807) is 6.07 Å². The van der Waals surface area contributed by atoms with Gasteiger partial charge in [0.1, 0.15) is 5.82 Å². The number of aryl methyl sites for hydroxylation is 1. The van der Waals surface area contributed by atoms with E-state index in [2.05, 4.69) is 0 Å². The summed E-state index contributed by atoms with van der Waals surface area (Å²) in [5.74, 6) is -0.141. The largest absolute Gasteiger partial charge is 0.329 e. The maximum Gasteiger partial charge on any atom is 0.223 e. The third-order valence-electron chi connectivity index (χ3n) is 3.92. The molecule has 2 N–H and O–H groups in total. The number of halogens is 1. The molecule has 1 aromatic rings. The second-order valence-corrected chi connectivity index (χ2v) is 6.58. The molecule has 0 aliphatic carbocycles. The molecule has 1 aliphatic heterocycles. The molecule has 1 aliphatic rings. The third kappa shape index (κ3) is 2.70. The van der Waals surface area contributed by atoms with Gasteiger partial charge in [-0.25, -0.2) is 4.39 Å². The lowest BCUT2D eigenvalue weighted by Gasteiger charge is -2.47.